The quantitative estimate of drug-likeness (QED) is 0.348. The van der Waals surface area contributed by atoms with E-state index in [1.54, 1.807) is 14.2 Å². The van der Waals surface area contributed by atoms with Crippen molar-refractivity contribution in [2.24, 2.45) is 15.7 Å². The third-order valence-corrected chi connectivity index (χ3v) is 6.91. The minimum atomic E-state index is -0.642. The van der Waals surface area contributed by atoms with Gasteiger partial charge in [0.05, 0.1) is 39.0 Å². The number of fused-ring (bicyclic) bond motifs is 3. The van der Waals surface area contributed by atoms with Gasteiger partial charge in [-0.1, -0.05) is 0 Å². The summed E-state index contributed by atoms with van der Waals surface area (Å²) in [5, 5.41) is 3.17. The van der Waals surface area contributed by atoms with Crippen LogP contribution < -0.4 is 20.5 Å². The van der Waals surface area contributed by atoms with E-state index >= 15 is 0 Å². The van der Waals surface area contributed by atoms with Crippen LogP contribution in [-0.4, -0.2) is 117 Å². The highest BCUT2D eigenvalue weighted by molar-refractivity contribution is 6.22. The molecule has 13 nitrogen and oxygen atoms in total. The lowest BCUT2D eigenvalue weighted by Gasteiger charge is -2.29. The second-order valence-electron chi connectivity index (χ2n) is 9.53. The Hall–Kier alpha value is -3.81. The van der Waals surface area contributed by atoms with Gasteiger partial charge in [-0.3, -0.25) is 14.7 Å². The average molecular weight is 553 g/mol. The number of nitrogens with zero attached hydrogens (tertiary/aromatic N) is 6. The van der Waals surface area contributed by atoms with Crippen molar-refractivity contribution in [1.82, 2.24) is 19.8 Å². The van der Waals surface area contributed by atoms with Crippen molar-refractivity contribution in [3.8, 4) is 11.5 Å². The SMILES string of the molecule is COCCCNc1ncc(C(N)=O)c(C2=Nc3c(ccc(OCCCN4CCOCC4)c3OC)C3=NCCN32)n1. The van der Waals surface area contributed by atoms with Crippen LogP contribution in [0.15, 0.2) is 28.3 Å². The van der Waals surface area contributed by atoms with Gasteiger partial charge in [-0.05, 0) is 25.0 Å². The van der Waals surface area contributed by atoms with Gasteiger partial charge >= 0.3 is 0 Å². The van der Waals surface area contributed by atoms with E-state index in [4.69, 9.17) is 34.7 Å². The number of rotatable bonds is 13. The van der Waals surface area contributed by atoms with Gasteiger partial charge in [0.25, 0.3) is 5.91 Å². The molecule has 1 saturated heterocycles. The van der Waals surface area contributed by atoms with Crippen LogP contribution in [0.2, 0.25) is 0 Å². The van der Waals surface area contributed by atoms with Gasteiger partial charge in [-0.25, -0.2) is 15.0 Å². The van der Waals surface area contributed by atoms with Gasteiger partial charge < -0.3 is 34.9 Å². The number of nitrogens with two attached hydrogens (primary N) is 1. The number of hydrogen-bond donors (Lipinski definition) is 2. The van der Waals surface area contributed by atoms with Gasteiger partial charge in [-0.15, -0.1) is 0 Å². The lowest BCUT2D eigenvalue weighted by atomic mass is 10.1. The molecular weight excluding hydrogens is 516 g/mol. The fourth-order valence-electron chi connectivity index (χ4n) is 4.92. The molecule has 2 aromatic rings. The molecule has 3 aliphatic rings. The molecule has 0 spiro atoms. The van der Waals surface area contributed by atoms with Crippen molar-refractivity contribution in [2.45, 2.75) is 12.8 Å². The summed E-state index contributed by atoms with van der Waals surface area (Å²) in [4.78, 5) is 35.4. The van der Waals surface area contributed by atoms with Crippen molar-refractivity contribution in [1.29, 1.82) is 0 Å². The zero-order valence-corrected chi connectivity index (χ0v) is 23.0. The monoisotopic (exact) mass is 552 g/mol. The summed E-state index contributed by atoms with van der Waals surface area (Å²) < 4.78 is 22.5. The molecule has 3 aliphatic heterocycles. The molecule has 1 fully saturated rings. The van der Waals surface area contributed by atoms with E-state index in [1.165, 1.54) is 6.20 Å². The molecule has 40 heavy (non-hydrogen) atoms. The number of primary amides is 1. The Morgan fingerprint density at radius 2 is 1.98 bits per heavy atom. The van der Waals surface area contributed by atoms with Crippen LogP contribution in [0.25, 0.3) is 0 Å². The standard InChI is InChI=1S/C27H36N8O5/c1-37-13-3-7-30-27-31-17-19(24(28)36)22(33-27)26-32-21-18(25-29-8-10-35(25)26)5-6-20(23(21)38-2)40-14-4-9-34-11-15-39-16-12-34/h5-6,17H,3-4,7-16H2,1-2H3,(H2,28,36)(H,30,31,33). The van der Waals surface area contributed by atoms with Crippen LogP contribution in [0, 0.1) is 0 Å². The van der Waals surface area contributed by atoms with Crippen molar-refractivity contribution in [3.63, 3.8) is 0 Å². The number of anilines is 1. The number of hydrogen-bond acceptors (Lipinski definition) is 12. The summed E-state index contributed by atoms with van der Waals surface area (Å²) in [5.74, 6) is 2.02. The largest absolute Gasteiger partial charge is 0.491 e. The summed E-state index contributed by atoms with van der Waals surface area (Å²) >= 11 is 0. The zero-order chi connectivity index (χ0) is 27.9. The first-order chi connectivity index (χ1) is 19.6. The first-order valence-electron chi connectivity index (χ1n) is 13.6. The molecule has 13 heteroatoms. The molecular formula is C27H36N8O5. The normalized spacial score (nSPS) is 16.6. The Morgan fingerprint density at radius 1 is 1.12 bits per heavy atom. The molecule has 1 aromatic carbocycles. The third kappa shape index (κ3) is 6.01. The van der Waals surface area contributed by atoms with Crippen molar-refractivity contribution in [2.75, 3.05) is 85.2 Å². The second-order valence-corrected chi connectivity index (χ2v) is 9.53. The van der Waals surface area contributed by atoms with Crippen molar-refractivity contribution < 1.29 is 23.7 Å². The number of methoxy groups -OCH3 is 2. The summed E-state index contributed by atoms with van der Waals surface area (Å²) in [6, 6.07) is 3.85. The zero-order valence-electron chi connectivity index (χ0n) is 23.0. The molecule has 0 saturated carbocycles. The maximum absolute atomic E-state index is 12.4. The van der Waals surface area contributed by atoms with Crippen LogP contribution in [0.1, 0.15) is 34.5 Å². The molecule has 0 aliphatic carbocycles. The summed E-state index contributed by atoms with van der Waals surface area (Å²) in [6.45, 7) is 7.29. The lowest BCUT2D eigenvalue weighted by Crippen LogP contribution is -2.39. The maximum Gasteiger partial charge on any atom is 0.252 e. The summed E-state index contributed by atoms with van der Waals surface area (Å²) in [7, 11) is 3.25. The van der Waals surface area contributed by atoms with Crippen molar-refractivity contribution >= 4 is 29.2 Å². The Kier molecular flexibility index (Phi) is 9.04. The highest BCUT2D eigenvalue weighted by atomic mass is 16.5. The molecule has 214 valence electrons. The fourth-order valence-corrected chi connectivity index (χ4v) is 4.92. The first kappa shape index (κ1) is 27.7. The number of aliphatic imine (C=N–C) groups is 2. The molecule has 1 amide bonds. The van der Waals surface area contributed by atoms with Gasteiger partial charge in [0.1, 0.15) is 17.2 Å². The van der Waals surface area contributed by atoms with Crippen LogP contribution in [0.4, 0.5) is 11.6 Å². The van der Waals surface area contributed by atoms with Crippen LogP contribution >= 0.6 is 0 Å². The molecule has 3 N–H and O–H groups in total. The van der Waals surface area contributed by atoms with Gasteiger partial charge in [0.15, 0.2) is 17.3 Å². The van der Waals surface area contributed by atoms with E-state index in [1.807, 2.05) is 17.0 Å². The summed E-state index contributed by atoms with van der Waals surface area (Å²) in [5.41, 5.74) is 7.63. The van der Waals surface area contributed by atoms with Crippen molar-refractivity contribution in [3.05, 3.63) is 35.2 Å². The molecule has 4 heterocycles. The molecule has 0 unspecified atom stereocenters. The van der Waals surface area contributed by atoms with E-state index in [2.05, 4.69) is 20.2 Å². The lowest BCUT2D eigenvalue weighted by molar-refractivity contribution is 0.0357. The minimum absolute atomic E-state index is 0.172. The molecule has 1 aromatic heterocycles. The Bertz CT molecular complexity index is 1280. The predicted molar refractivity (Wildman–Crippen MR) is 150 cm³/mol. The van der Waals surface area contributed by atoms with E-state index in [9.17, 15) is 4.79 Å². The summed E-state index contributed by atoms with van der Waals surface area (Å²) in [6.07, 6.45) is 3.08. The van der Waals surface area contributed by atoms with Gasteiger partial charge in [0.2, 0.25) is 5.95 Å². The minimum Gasteiger partial charge on any atom is -0.491 e. The average Bonchev–Trinajstić information content (AvgIpc) is 3.47. The maximum atomic E-state index is 12.4. The Balaban J connectivity index is 1.44. The number of amides is 1. The third-order valence-electron chi connectivity index (χ3n) is 6.91. The number of amidine groups is 2. The van der Waals surface area contributed by atoms with E-state index < -0.39 is 5.91 Å². The van der Waals surface area contributed by atoms with E-state index in [-0.39, 0.29) is 5.56 Å². The molecule has 0 bridgehead atoms. The second kappa shape index (κ2) is 13.0. The first-order valence-corrected chi connectivity index (χ1v) is 13.6. The highest BCUT2D eigenvalue weighted by Crippen LogP contribution is 2.44. The number of morpholine rings is 1. The number of carbonyl (C=O) groups is 1. The van der Waals surface area contributed by atoms with Gasteiger partial charge in [0, 0.05) is 58.2 Å². The fraction of sp³-hybridized carbons (Fsp3) is 0.519. The van der Waals surface area contributed by atoms with Crippen LogP contribution in [0.3, 0.4) is 0 Å². The predicted octanol–water partition coefficient (Wildman–Crippen LogP) is 1.29. The highest BCUT2D eigenvalue weighted by Gasteiger charge is 2.35. The Labute approximate surface area is 233 Å². The number of benzene rings is 1. The van der Waals surface area contributed by atoms with Crippen LogP contribution in [-0.2, 0) is 9.47 Å². The molecule has 0 atom stereocenters. The van der Waals surface area contributed by atoms with Gasteiger partial charge in [-0.2, -0.15) is 0 Å². The number of carbonyl (C=O) groups excluding carboxylic acids is 1. The smallest absolute Gasteiger partial charge is 0.252 e. The molecule has 0 radical (unpaired) electrons. The van der Waals surface area contributed by atoms with E-state index in [0.717, 1.165) is 57.1 Å². The van der Waals surface area contributed by atoms with Crippen LogP contribution in [0.5, 0.6) is 11.5 Å². The number of nitrogens with one attached hydrogen (secondary N) is 1. The number of aromatic nitrogens is 2. The Morgan fingerprint density at radius 3 is 2.75 bits per heavy atom. The van der Waals surface area contributed by atoms with E-state index in [0.29, 0.717) is 67.5 Å². The molecule has 5 rings (SSSR count). The number of ether oxygens (including phenoxy) is 4. The topological polar surface area (TPSA) is 149 Å².